The third-order valence-electron chi connectivity index (χ3n) is 13.6. The van der Waals surface area contributed by atoms with Crippen molar-refractivity contribution in [2.45, 2.75) is 38.5 Å². The number of rotatable bonds is 5. The SMILES string of the molecule is CC1(C)c2cccc3ccc4c(-c5cccc(N(c6ccccc6)c6ccccc6-c6ccc7c8ccccc8c8ccccc8c7c6)c5)ccc(c4c23)C1(C)C. The van der Waals surface area contributed by atoms with Crippen LogP contribution in [0.15, 0.2) is 188 Å². The molecular formula is C56H43N. The van der Waals surface area contributed by atoms with Crippen LogP contribution >= 0.6 is 0 Å². The van der Waals surface area contributed by atoms with Crippen LogP contribution < -0.4 is 4.90 Å². The Balaban J connectivity index is 1.11. The fraction of sp³-hybridized carbons (Fsp3) is 0.107. The van der Waals surface area contributed by atoms with Gasteiger partial charge >= 0.3 is 0 Å². The minimum absolute atomic E-state index is 0.00920. The molecule has 0 N–H and O–H groups in total. The molecule has 0 aliphatic heterocycles. The molecule has 11 rings (SSSR count). The molecule has 1 heteroatoms. The van der Waals surface area contributed by atoms with Crippen molar-refractivity contribution < 1.29 is 0 Å². The lowest BCUT2D eigenvalue weighted by molar-refractivity contribution is 0.304. The summed E-state index contributed by atoms with van der Waals surface area (Å²) in [5.41, 5.74) is 11.1. The average Bonchev–Trinajstić information content (AvgIpc) is 3.26. The number of anilines is 3. The first-order valence-corrected chi connectivity index (χ1v) is 20.2. The number of benzene rings is 10. The van der Waals surface area contributed by atoms with Gasteiger partial charge in [0.25, 0.3) is 0 Å². The number of hydrogen-bond donors (Lipinski definition) is 0. The highest BCUT2D eigenvalue weighted by Crippen LogP contribution is 2.55. The zero-order chi connectivity index (χ0) is 38.5. The summed E-state index contributed by atoms with van der Waals surface area (Å²) in [4.78, 5) is 2.43. The molecule has 0 fully saturated rings. The maximum absolute atomic E-state index is 2.43. The van der Waals surface area contributed by atoms with Crippen molar-refractivity contribution >= 4 is 70.9 Å². The molecule has 0 aromatic heterocycles. The van der Waals surface area contributed by atoms with Crippen molar-refractivity contribution in [3.8, 4) is 22.3 Å². The van der Waals surface area contributed by atoms with Gasteiger partial charge in [-0.15, -0.1) is 0 Å². The molecular weight excluding hydrogens is 687 g/mol. The Hall–Kier alpha value is -6.70. The first-order chi connectivity index (χ1) is 27.8. The number of nitrogens with zero attached hydrogens (tertiary/aromatic N) is 1. The normalized spacial score (nSPS) is 14.2. The second-order valence-electron chi connectivity index (χ2n) is 16.9. The van der Waals surface area contributed by atoms with Crippen LogP contribution in [-0.4, -0.2) is 0 Å². The lowest BCUT2D eigenvalue weighted by Crippen LogP contribution is -2.42. The van der Waals surface area contributed by atoms with Gasteiger partial charge in [-0.05, 0) is 129 Å². The molecule has 0 saturated heterocycles. The highest BCUT2D eigenvalue weighted by molar-refractivity contribution is 6.26. The van der Waals surface area contributed by atoms with Crippen molar-refractivity contribution in [2.75, 3.05) is 4.90 Å². The summed E-state index contributed by atoms with van der Waals surface area (Å²) in [5.74, 6) is 0. The fourth-order valence-corrected chi connectivity index (χ4v) is 9.99. The van der Waals surface area contributed by atoms with E-state index in [0.29, 0.717) is 0 Å². The topological polar surface area (TPSA) is 3.24 Å². The van der Waals surface area contributed by atoms with Crippen LogP contribution in [0.1, 0.15) is 38.8 Å². The first kappa shape index (κ1) is 33.6. The first-order valence-electron chi connectivity index (χ1n) is 20.2. The Kier molecular flexibility index (Phi) is 7.32. The van der Waals surface area contributed by atoms with Gasteiger partial charge in [0.15, 0.2) is 0 Å². The van der Waals surface area contributed by atoms with E-state index in [-0.39, 0.29) is 10.8 Å². The van der Waals surface area contributed by atoms with E-state index in [0.717, 1.165) is 17.1 Å². The predicted octanol–water partition coefficient (Wildman–Crippen LogP) is 15.8. The molecule has 1 aliphatic carbocycles. The van der Waals surface area contributed by atoms with Gasteiger partial charge in [0.2, 0.25) is 0 Å². The van der Waals surface area contributed by atoms with E-state index >= 15 is 0 Å². The number of para-hydroxylation sites is 2. The second kappa shape index (κ2) is 12.4. The van der Waals surface area contributed by atoms with E-state index in [1.165, 1.54) is 87.2 Å². The highest BCUT2D eigenvalue weighted by Gasteiger charge is 2.45. The van der Waals surface area contributed by atoms with Crippen molar-refractivity contribution in [1.29, 1.82) is 0 Å². The Morgan fingerprint density at radius 3 is 1.63 bits per heavy atom. The summed E-state index contributed by atoms with van der Waals surface area (Å²) in [6.45, 7) is 9.68. The van der Waals surface area contributed by atoms with Crippen LogP contribution in [0.4, 0.5) is 17.1 Å². The summed E-state index contributed by atoms with van der Waals surface area (Å²) in [7, 11) is 0. The van der Waals surface area contributed by atoms with Crippen LogP contribution in [0.3, 0.4) is 0 Å². The van der Waals surface area contributed by atoms with Crippen LogP contribution in [0.2, 0.25) is 0 Å². The number of fused-ring (bicyclic) bond motifs is 6. The summed E-state index contributed by atoms with van der Waals surface area (Å²) < 4.78 is 0. The molecule has 10 aromatic rings. The molecule has 0 saturated carbocycles. The zero-order valence-electron chi connectivity index (χ0n) is 32.8. The summed E-state index contributed by atoms with van der Waals surface area (Å²) in [5, 5.41) is 13.1. The molecule has 1 nitrogen and oxygen atoms in total. The van der Waals surface area contributed by atoms with E-state index < -0.39 is 0 Å². The average molecular weight is 730 g/mol. The Morgan fingerprint density at radius 2 is 0.895 bits per heavy atom. The van der Waals surface area contributed by atoms with Gasteiger partial charge in [-0.1, -0.05) is 179 Å². The molecule has 10 aromatic carbocycles. The van der Waals surface area contributed by atoms with Gasteiger partial charge in [0.1, 0.15) is 0 Å². The maximum Gasteiger partial charge on any atom is 0.0540 e. The molecule has 0 amide bonds. The van der Waals surface area contributed by atoms with E-state index in [1.54, 1.807) is 0 Å². The summed E-state index contributed by atoms with van der Waals surface area (Å²) in [6, 6.07) is 69.9. The lowest BCUT2D eigenvalue weighted by Gasteiger charge is -2.47. The van der Waals surface area contributed by atoms with Crippen molar-refractivity contribution in [3.63, 3.8) is 0 Å². The van der Waals surface area contributed by atoms with Gasteiger partial charge in [-0.2, -0.15) is 0 Å². The maximum atomic E-state index is 2.43. The second-order valence-corrected chi connectivity index (χ2v) is 16.9. The molecule has 272 valence electrons. The van der Waals surface area contributed by atoms with Gasteiger partial charge in [-0.3, -0.25) is 0 Å². The third kappa shape index (κ3) is 4.88. The largest absolute Gasteiger partial charge is 0.310 e. The van der Waals surface area contributed by atoms with Crippen LogP contribution in [0.25, 0.3) is 76.1 Å². The summed E-state index contributed by atoms with van der Waals surface area (Å²) in [6.07, 6.45) is 0. The van der Waals surface area contributed by atoms with Gasteiger partial charge in [-0.25, -0.2) is 0 Å². The minimum Gasteiger partial charge on any atom is -0.310 e. The molecule has 0 bridgehead atoms. The van der Waals surface area contributed by atoms with Crippen molar-refractivity contribution in [1.82, 2.24) is 0 Å². The molecule has 0 heterocycles. The van der Waals surface area contributed by atoms with Gasteiger partial charge in [0, 0.05) is 16.9 Å². The molecule has 57 heavy (non-hydrogen) atoms. The standard InChI is InChI=1S/C56H43N/c1-55(2)50-26-15-16-36-28-31-48-41(32-33-51(56(55,3)4)54(48)53(36)50)37-17-14-20-40(34-37)57(39-18-6-5-7-19-39)52-27-13-12-21-42(52)38-29-30-47-45-24-9-8-22-43(45)44-23-10-11-25-46(44)49(47)35-38/h5-35H,1-4H3. The smallest absolute Gasteiger partial charge is 0.0540 e. The van der Waals surface area contributed by atoms with Gasteiger partial charge < -0.3 is 4.90 Å². The molecule has 0 radical (unpaired) electrons. The van der Waals surface area contributed by atoms with E-state index in [9.17, 15) is 0 Å². The van der Waals surface area contributed by atoms with E-state index in [1.807, 2.05) is 0 Å². The highest BCUT2D eigenvalue weighted by atomic mass is 15.1. The molecule has 0 unspecified atom stereocenters. The minimum atomic E-state index is -0.0375. The van der Waals surface area contributed by atoms with Crippen LogP contribution in [-0.2, 0) is 10.8 Å². The van der Waals surface area contributed by atoms with Crippen LogP contribution in [0.5, 0.6) is 0 Å². The van der Waals surface area contributed by atoms with E-state index in [4.69, 9.17) is 0 Å². The predicted molar refractivity (Wildman–Crippen MR) is 246 cm³/mol. The molecule has 0 atom stereocenters. The van der Waals surface area contributed by atoms with Crippen molar-refractivity contribution in [3.05, 3.63) is 199 Å². The molecule has 1 aliphatic rings. The Bertz CT molecular complexity index is 3200. The van der Waals surface area contributed by atoms with Gasteiger partial charge in [0.05, 0.1) is 5.69 Å². The van der Waals surface area contributed by atoms with Crippen LogP contribution in [0, 0.1) is 0 Å². The van der Waals surface area contributed by atoms with Crippen molar-refractivity contribution in [2.24, 2.45) is 0 Å². The zero-order valence-corrected chi connectivity index (χ0v) is 32.8. The lowest BCUT2D eigenvalue weighted by atomic mass is 9.56. The summed E-state index contributed by atoms with van der Waals surface area (Å²) >= 11 is 0. The van der Waals surface area contributed by atoms with E-state index in [2.05, 4.69) is 221 Å². The fourth-order valence-electron chi connectivity index (χ4n) is 9.99. The molecule has 0 spiro atoms. The third-order valence-corrected chi connectivity index (χ3v) is 13.6. The Morgan fingerprint density at radius 1 is 0.333 bits per heavy atom. The Labute approximate surface area is 334 Å². The quantitative estimate of drug-likeness (QED) is 0.159. The number of hydrogen-bond acceptors (Lipinski definition) is 1. The monoisotopic (exact) mass is 729 g/mol.